The zero-order chi connectivity index (χ0) is 15.2. The Labute approximate surface area is 126 Å². The van der Waals surface area contributed by atoms with Crippen molar-refractivity contribution in [2.24, 2.45) is 0 Å². The van der Waals surface area contributed by atoms with Gasteiger partial charge in [0, 0.05) is 32.1 Å². The molecule has 0 bridgehead atoms. The largest absolute Gasteiger partial charge is 0.478 e. The highest BCUT2D eigenvalue weighted by atomic mass is 32.1. The van der Waals surface area contributed by atoms with Crippen molar-refractivity contribution in [2.75, 3.05) is 7.05 Å². The van der Waals surface area contributed by atoms with Crippen LogP contribution < -0.4 is 0 Å². The lowest BCUT2D eigenvalue weighted by Gasteiger charge is -2.16. The van der Waals surface area contributed by atoms with Crippen LogP contribution in [0.3, 0.4) is 0 Å². The van der Waals surface area contributed by atoms with E-state index in [0.717, 1.165) is 11.6 Å². The second-order valence-electron chi connectivity index (χ2n) is 4.40. The quantitative estimate of drug-likeness (QED) is 0.862. The number of amides is 1. The number of pyridine rings is 1. The van der Waals surface area contributed by atoms with Crippen molar-refractivity contribution < 1.29 is 14.7 Å². The van der Waals surface area contributed by atoms with Gasteiger partial charge < -0.3 is 10.0 Å². The van der Waals surface area contributed by atoms with E-state index in [1.54, 1.807) is 35.8 Å². The zero-order valence-electron chi connectivity index (χ0n) is 11.4. The average molecular weight is 302 g/mol. The third-order valence-corrected chi connectivity index (χ3v) is 3.70. The van der Waals surface area contributed by atoms with Crippen molar-refractivity contribution in [2.45, 2.75) is 6.54 Å². The first-order valence-electron chi connectivity index (χ1n) is 6.21. The van der Waals surface area contributed by atoms with Crippen molar-refractivity contribution in [3.8, 4) is 0 Å². The van der Waals surface area contributed by atoms with Gasteiger partial charge in [-0.05, 0) is 34.7 Å². The number of carboxylic acids is 1. The minimum absolute atomic E-state index is 0.140. The van der Waals surface area contributed by atoms with Gasteiger partial charge in [0.2, 0.25) is 0 Å². The molecule has 0 spiro atoms. The molecule has 6 heteroatoms. The molecule has 0 radical (unpaired) electrons. The lowest BCUT2D eigenvalue weighted by molar-refractivity contribution is -0.131. The van der Waals surface area contributed by atoms with Gasteiger partial charge in [-0.3, -0.25) is 9.78 Å². The topological polar surface area (TPSA) is 70.5 Å². The van der Waals surface area contributed by atoms with Crippen molar-refractivity contribution in [3.63, 3.8) is 0 Å². The lowest BCUT2D eigenvalue weighted by Crippen LogP contribution is -2.26. The van der Waals surface area contributed by atoms with Crippen LogP contribution >= 0.6 is 11.3 Å². The molecule has 0 unspecified atom stereocenters. The van der Waals surface area contributed by atoms with E-state index in [9.17, 15) is 9.59 Å². The van der Waals surface area contributed by atoms with Crippen LogP contribution in [-0.4, -0.2) is 33.9 Å². The second kappa shape index (κ2) is 6.81. The molecule has 0 saturated carbocycles. The molecule has 5 nitrogen and oxygen atoms in total. The molecule has 0 fully saturated rings. The molecule has 1 N–H and O–H groups in total. The molecule has 108 valence electrons. The summed E-state index contributed by atoms with van der Waals surface area (Å²) in [6.45, 7) is 0.451. The number of rotatable bonds is 5. The van der Waals surface area contributed by atoms with Gasteiger partial charge in [-0.25, -0.2) is 4.79 Å². The number of thiophene rings is 1. The first-order valence-corrected chi connectivity index (χ1v) is 7.09. The molecule has 0 aliphatic heterocycles. The molecular formula is C15H14N2O3S. The molecule has 2 heterocycles. The monoisotopic (exact) mass is 302 g/mol. The highest BCUT2D eigenvalue weighted by Crippen LogP contribution is 2.20. The van der Waals surface area contributed by atoms with Crippen molar-refractivity contribution in [1.29, 1.82) is 0 Å². The molecule has 2 aromatic heterocycles. The summed E-state index contributed by atoms with van der Waals surface area (Å²) in [6.07, 6.45) is 5.85. The Hall–Kier alpha value is -2.47. The third-order valence-electron chi connectivity index (χ3n) is 2.78. The predicted octanol–water partition coefficient (Wildman–Crippen LogP) is 2.51. The van der Waals surface area contributed by atoms with Gasteiger partial charge in [0.15, 0.2) is 0 Å². The standard InChI is InChI=1S/C15H14N2O3S/c1-17(10-11-3-2-7-16-9-11)15(20)14-12(6-8-21-14)4-5-13(18)19/h2-9H,10H2,1H3,(H,18,19). The Morgan fingerprint density at radius 3 is 2.90 bits per heavy atom. The maximum Gasteiger partial charge on any atom is 0.328 e. The van der Waals surface area contributed by atoms with Gasteiger partial charge in [-0.15, -0.1) is 11.3 Å². The number of aromatic nitrogens is 1. The summed E-state index contributed by atoms with van der Waals surface area (Å²) in [5.74, 6) is -1.18. The summed E-state index contributed by atoms with van der Waals surface area (Å²) in [5, 5.41) is 10.4. The fourth-order valence-electron chi connectivity index (χ4n) is 1.80. The van der Waals surface area contributed by atoms with Gasteiger partial charge in [-0.2, -0.15) is 0 Å². The van der Waals surface area contributed by atoms with Crippen LogP contribution in [0.15, 0.2) is 42.0 Å². The molecule has 0 atom stereocenters. The molecule has 2 rings (SSSR count). The van der Waals surface area contributed by atoms with Gasteiger partial charge in [0.05, 0.1) is 4.88 Å². The number of carboxylic acid groups (broad SMARTS) is 1. The number of carbonyl (C=O) groups excluding carboxylic acids is 1. The number of carbonyl (C=O) groups is 2. The maximum absolute atomic E-state index is 12.4. The number of hydrogen-bond acceptors (Lipinski definition) is 4. The van der Waals surface area contributed by atoms with Crippen LogP contribution in [0.5, 0.6) is 0 Å². The van der Waals surface area contributed by atoms with Gasteiger partial charge >= 0.3 is 5.97 Å². The van der Waals surface area contributed by atoms with Gasteiger partial charge in [-0.1, -0.05) is 6.07 Å². The van der Waals surface area contributed by atoms with Gasteiger partial charge in [0.1, 0.15) is 0 Å². The maximum atomic E-state index is 12.4. The number of aliphatic carboxylic acids is 1. The SMILES string of the molecule is CN(Cc1cccnc1)C(=O)c1sccc1C=CC(=O)O. The van der Waals surface area contributed by atoms with E-state index >= 15 is 0 Å². The molecular weight excluding hydrogens is 288 g/mol. The molecule has 0 aliphatic carbocycles. The smallest absolute Gasteiger partial charge is 0.328 e. The fourth-order valence-corrected chi connectivity index (χ4v) is 2.68. The third kappa shape index (κ3) is 4.00. The first kappa shape index (κ1) is 14.9. The summed E-state index contributed by atoms with van der Waals surface area (Å²) in [7, 11) is 1.71. The Morgan fingerprint density at radius 1 is 1.43 bits per heavy atom. The summed E-state index contributed by atoms with van der Waals surface area (Å²) >= 11 is 1.30. The molecule has 1 amide bonds. The van der Waals surface area contributed by atoms with Crippen LogP contribution in [-0.2, 0) is 11.3 Å². The van der Waals surface area contributed by atoms with Crippen molar-refractivity contribution in [3.05, 3.63) is 58.1 Å². The second-order valence-corrected chi connectivity index (χ2v) is 5.32. The van der Waals surface area contributed by atoms with Crippen LogP contribution in [0.1, 0.15) is 20.8 Å². The molecule has 0 saturated heterocycles. The Morgan fingerprint density at radius 2 is 2.24 bits per heavy atom. The zero-order valence-corrected chi connectivity index (χ0v) is 12.2. The normalized spacial score (nSPS) is 10.7. The molecule has 21 heavy (non-hydrogen) atoms. The van der Waals surface area contributed by atoms with E-state index in [4.69, 9.17) is 5.11 Å². The Bertz CT molecular complexity index is 665. The fraction of sp³-hybridized carbons (Fsp3) is 0.133. The van der Waals surface area contributed by atoms with E-state index in [-0.39, 0.29) is 5.91 Å². The van der Waals surface area contributed by atoms with Crippen molar-refractivity contribution >= 4 is 29.3 Å². The van der Waals surface area contributed by atoms with Crippen LogP contribution in [0.4, 0.5) is 0 Å². The van der Waals surface area contributed by atoms with E-state index in [0.29, 0.717) is 17.0 Å². The Kier molecular flexibility index (Phi) is 4.84. The van der Waals surface area contributed by atoms with E-state index in [2.05, 4.69) is 4.98 Å². The summed E-state index contributed by atoms with van der Waals surface area (Å²) < 4.78 is 0. The highest BCUT2D eigenvalue weighted by molar-refractivity contribution is 7.12. The average Bonchev–Trinajstić information content (AvgIpc) is 2.93. The summed E-state index contributed by atoms with van der Waals surface area (Å²) in [6, 6.07) is 5.45. The number of nitrogens with zero attached hydrogens (tertiary/aromatic N) is 2. The Balaban J connectivity index is 2.13. The van der Waals surface area contributed by atoms with Gasteiger partial charge in [0.25, 0.3) is 5.91 Å². The minimum Gasteiger partial charge on any atom is -0.478 e. The number of hydrogen-bond donors (Lipinski definition) is 1. The highest BCUT2D eigenvalue weighted by Gasteiger charge is 2.16. The molecule has 2 aromatic rings. The predicted molar refractivity (Wildman–Crippen MR) is 81.0 cm³/mol. The van der Waals surface area contributed by atoms with Crippen LogP contribution in [0, 0.1) is 0 Å². The van der Waals surface area contributed by atoms with Crippen molar-refractivity contribution in [1.82, 2.24) is 9.88 Å². The van der Waals surface area contributed by atoms with E-state index < -0.39 is 5.97 Å². The van der Waals surface area contributed by atoms with Crippen LogP contribution in [0.25, 0.3) is 6.08 Å². The molecule has 0 aliphatic rings. The van der Waals surface area contributed by atoms with E-state index in [1.807, 2.05) is 12.1 Å². The summed E-state index contributed by atoms with van der Waals surface area (Å²) in [5.41, 5.74) is 1.55. The van der Waals surface area contributed by atoms with Crippen LogP contribution in [0.2, 0.25) is 0 Å². The lowest BCUT2D eigenvalue weighted by atomic mass is 10.2. The summed E-state index contributed by atoms with van der Waals surface area (Å²) in [4.78, 5) is 29.1. The van der Waals surface area contributed by atoms with E-state index in [1.165, 1.54) is 17.4 Å². The first-order chi connectivity index (χ1) is 10.1. The molecule has 0 aromatic carbocycles. The minimum atomic E-state index is -1.04.